The Bertz CT molecular complexity index is 771. The van der Waals surface area contributed by atoms with E-state index in [2.05, 4.69) is 0 Å². The Hall–Kier alpha value is -2.89. The molecule has 0 aliphatic carbocycles. The number of rotatable bonds is 10. The van der Waals surface area contributed by atoms with E-state index in [1.54, 1.807) is 34.5 Å². The number of carboxylic acid groups (broad SMARTS) is 1. The molecule has 0 heterocycles. The van der Waals surface area contributed by atoms with Gasteiger partial charge in [-0.1, -0.05) is 12.1 Å². The van der Waals surface area contributed by atoms with Crippen LogP contribution in [0.25, 0.3) is 0 Å². The summed E-state index contributed by atoms with van der Waals surface area (Å²) in [7, 11) is 6.37. The summed E-state index contributed by atoms with van der Waals surface area (Å²) in [4.78, 5) is 11.4. The number of hydrogen-bond donors (Lipinski definition) is 1. The Kier molecular flexibility index (Phi) is 7.34. The van der Waals surface area contributed by atoms with Gasteiger partial charge in [-0.15, -0.1) is 0 Å². The molecule has 2 aromatic rings. The Labute approximate surface area is 159 Å². The fourth-order valence-corrected chi connectivity index (χ4v) is 3.12. The van der Waals surface area contributed by atoms with Gasteiger partial charge in [-0.05, 0) is 42.0 Å². The topological polar surface area (TPSA) is 74.2 Å². The number of carboxylic acids is 1. The summed E-state index contributed by atoms with van der Waals surface area (Å²) in [6, 6.07) is 11.1. The molecule has 0 aliphatic rings. The van der Waals surface area contributed by atoms with Crippen LogP contribution in [-0.4, -0.2) is 39.5 Å². The number of aryl methyl sites for hydroxylation is 1. The van der Waals surface area contributed by atoms with Gasteiger partial charge < -0.3 is 24.1 Å². The minimum Gasteiger partial charge on any atom is -0.497 e. The summed E-state index contributed by atoms with van der Waals surface area (Å²) in [6.45, 7) is 0. The monoisotopic (exact) mass is 374 g/mol. The van der Waals surface area contributed by atoms with E-state index < -0.39 is 5.97 Å². The van der Waals surface area contributed by atoms with Crippen LogP contribution in [0.4, 0.5) is 0 Å². The lowest BCUT2D eigenvalue weighted by molar-refractivity contribution is -0.137. The largest absolute Gasteiger partial charge is 0.497 e. The fourth-order valence-electron chi connectivity index (χ4n) is 3.12. The summed E-state index contributed by atoms with van der Waals surface area (Å²) in [5.74, 6) is 1.69. The van der Waals surface area contributed by atoms with E-state index in [9.17, 15) is 9.90 Å². The van der Waals surface area contributed by atoms with Gasteiger partial charge in [0.15, 0.2) is 0 Å². The molecule has 0 radical (unpaired) electrons. The Morgan fingerprint density at radius 2 is 1.48 bits per heavy atom. The predicted octanol–water partition coefficient (Wildman–Crippen LogP) is 3.91. The van der Waals surface area contributed by atoms with E-state index in [1.807, 2.05) is 30.3 Å². The molecular formula is C21H26O6. The first-order valence-corrected chi connectivity index (χ1v) is 8.67. The number of methoxy groups -OCH3 is 4. The van der Waals surface area contributed by atoms with Gasteiger partial charge in [-0.25, -0.2) is 0 Å². The van der Waals surface area contributed by atoms with Gasteiger partial charge in [0.1, 0.15) is 23.0 Å². The summed E-state index contributed by atoms with van der Waals surface area (Å²) < 4.78 is 21.4. The number of hydrogen-bond acceptors (Lipinski definition) is 5. The molecule has 2 rings (SSSR count). The van der Waals surface area contributed by atoms with E-state index in [4.69, 9.17) is 18.9 Å². The van der Waals surface area contributed by atoms with Crippen molar-refractivity contribution < 1.29 is 28.8 Å². The molecule has 0 saturated heterocycles. The smallest absolute Gasteiger partial charge is 0.303 e. The second-order valence-electron chi connectivity index (χ2n) is 6.12. The molecule has 1 atom stereocenters. The molecule has 27 heavy (non-hydrogen) atoms. The normalized spacial score (nSPS) is 11.6. The van der Waals surface area contributed by atoms with E-state index in [1.165, 1.54) is 0 Å². The van der Waals surface area contributed by atoms with Gasteiger partial charge >= 0.3 is 5.97 Å². The molecule has 0 fully saturated rings. The van der Waals surface area contributed by atoms with Crippen molar-refractivity contribution in [2.24, 2.45) is 0 Å². The minimum atomic E-state index is -0.848. The lowest BCUT2D eigenvalue weighted by Crippen LogP contribution is -2.09. The summed E-state index contributed by atoms with van der Waals surface area (Å²) >= 11 is 0. The van der Waals surface area contributed by atoms with E-state index in [-0.39, 0.29) is 12.3 Å². The van der Waals surface area contributed by atoms with Crippen LogP contribution in [0.1, 0.15) is 29.9 Å². The molecule has 0 bridgehead atoms. The van der Waals surface area contributed by atoms with Gasteiger partial charge in [0.2, 0.25) is 0 Å². The molecule has 0 saturated carbocycles. The zero-order valence-corrected chi connectivity index (χ0v) is 16.2. The second kappa shape index (κ2) is 9.71. The quantitative estimate of drug-likeness (QED) is 0.680. The van der Waals surface area contributed by atoms with Crippen molar-refractivity contribution in [1.29, 1.82) is 0 Å². The predicted molar refractivity (Wildman–Crippen MR) is 102 cm³/mol. The summed E-state index contributed by atoms with van der Waals surface area (Å²) in [5, 5.41) is 9.37. The summed E-state index contributed by atoms with van der Waals surface area (Å²) in [6.07, 6.45) is 1.32. The van der Waals surface area contributed by atoms with Crippen LogP contribution in [0, 0.1) is 0 Å². The Morgan fingerprint density at radius 1 is 0.889 bits per heavy atom. The van der Waals surface area contributed by atoms with Crippen molar-refractivity contribution in [2.45, 2.75) is 25.2 Å². The van der Waals surface area contributed by atoms with Crippen molar-refractivity contribution in [3.05, 3.63) is 47.5 Å². The molecule has 0 aromatic heterocycles. The first kappa shape index (κ1) is 20.4. The van der Waals surface area contributed by atoms with Crippen LogP contribution in [0.15, 0.2) is 36.4 Å². The highest BCUT2D eigenvalue weighted by Gasteiger charge is 2.21. The molecule has 6 heteroatoms. The third kappa shape index (κ3) is 5.29. The lowest BCUT2D eigenvalue weighted by atomic mass is 9.88. The van der Waals surface area contributed by atoms with Crippen LogP contribution in [-0.2, 0) is 11.2 Å². The SMILES string of the molecule is COc1ccc(CCC(CC(=O)O)c2ccc(OC)cc2OC)c(OC)c1. The van der Waals surface area contributed by atoms with Crippen LogP contribution < -0.4 is 18.9 Å². The molecule has 2 aromatic carbocycles. The number of ether oxygens (including phenoxy) is 4. The maximum atomic E-state index is 11.4. The first-order chi connectivity index (χ1) is 13.0. The van der Waals surface area contributed by atoms with Crippen molar-refractivity contribution in [3.63, 3.8) is 0 Å². The number of aliphatic carboxylic acids is 1. The van der Waals surface area contributed by atoms with Crippen molar-refractivity contribution >= 4 is 5.97 Å². The molecule has 1 unspecified atom stereocenters. The molecule has 1 N–H and O–H groups in total. The van der Waals surface area contributed by atoms with Gasteiger partial charge in [0.05, 0.1) is 34.9 Å². The van der Waals surface area contributed by atoms with Gasteiger partial charge in [-0.3, -0.25) is 4.79 Å². The fraction of sp³-hybridized carbons (Fsp3) is 0.381. The maximum Gasteiger partial charge on any atom is 0.303 e. The van der Waals surface area contributed by atoms with Crippen molar-refractivity contribution in [2.75, 3.05) is 28.4 Å². The standard InChI is InChI=1S/C21H26O6/c1-24-16-8-7-14(19(12-16)26-3)5-6-15(11-21(22)23)18-10-9-17(25-2)13-20(18)27-4/h7-10,12-13,15H,5-6,11H2,1-4H3,(H,22,23). The molecule has 6 nitrogen and oxygen atoms in total. The molecule has 0 aliphatic heterocycles. The molecule has 146 valence electrons. The number of benzene rings is 2. The van der Waals surface area contributed by atoms with Crippen LogP contribution in [0.5, 0.6) is 23.0 Å². The first-order valence-electron chi connectivity index (χ1n) is 8.67. The van der Waals surface area contributed by atoms with E-state index >= 15 is 0 Å². The zero-order chi connectivity index (χ0) is 19.8. The summed E-state index contributed by atoms with van der Waals surface area (Å²) in [5.41, 5.74) is 1.86. The second-order valence-corrected chi connectivity index (χ2v) is 6.12. The van der Waals surface area contributed by atoms with Crippen LogP contribution in [0.3, 0.4) is 0 Å². The minimum absolute atomic E-state index is 0.0150. The molecular weight excluding hydrogens is 348 g/mol. The van der Waals surface area contributed by atoms with Gasteiger partial charge in [-0.2, -0.15) is 0 Å². The van der Waals surface area contributed by atoms with Crippen molar-refractivity contribution in [1.82, 2.24) is 0 Å². The number of carbonyl (C=O) groups is 1. The van der Waals surface area contributed by atoms with Crippen LogP contribution in [0.2, 0.25) is 0 Å². The highest BCUT2D eigenvalue weighted by molar-refractivity contribution is 5.68. The highest BCUT2D eigenvalue weighted by Crippen LogP contribution is 2.36. The van der Waals surface area contributed by atoms with Gasteiger partial charge in [0, 0.05) is 12.1 Å². The van der Waals surface area contributed by atoms with E-state index in [0.717, 1.165) is 22.6 Å². The third-order valence-corrected chi connectivity index (χ3v) is 4.56. The average molecular weight is 374 g/mol. The lowest BCUT2D eigenvalue weighted by Gasteiger charge is -2.20. The van der Waals surface area contributed by atoms with Gasteiger partial charge in [0.25, 0.3) is 0 Å². The Morgan fingerprint density at radius 3 is 2.04 bits per heavy atom. The average Bonchev–Trinajstić information content (AvgIpc) is 2.70. The van der Waals surface area contributed by atoms with E-state index in [0.29, 0.717) is 24.3 Å². The van der Waals surface area contributed by atoms with Crippen LogP contribution >= 0.6 is 0 Å². The third-order valence-electron chi connectivity index (χ3n) is 4.56. The zero-order valence-electron chi connectivity index (χ0n) is 16.2. The van der Waals surface area contributed by atoms with Crippen molar-refractivity contribution in [3.8, 4) is 23.0 Å². The Balaban J connectivity index is 2.27. The maximum absolute atomic E-state index is 11.4. The molecule has 0 amide bonds. The molecule has 0 spiro atoms. The highest BCUT2D eigenvalue weighted by atomic mass is 16.5.